The van der Waals surface area contributed by atoms with Crippen LogP contribution in [0.2, 0.25) is 10.0 Å². The molecule has 0 saturated carbocycles. The predicted molar refractivity (Wildman–Crippen MR) is 84.1 cm³/mol. The number of aromatic nitrogens is 2. The van der Waals surface area contributed by atoms with Gasteiger partial charge in [0.2, 0.25) is 0 Å². The van der Waals surface area contributed by atoms with Crippen LogP contribution in [0.5, 0.6) is 0 Å². The van der Waals surface area contributed by atoms with Gasteiger partial charge in [-0.2, -0.15) is 10.2 Å². The number of hydrazone groups is 1. The van der Waals surface area contributed by atoms with Crippen molar-refractivity contribution in [1.82, 2.24) is 15.2 Å². The van der Waals surface area contributed by atoms with Crippen molar-refractivity contribution in [2.45, 2.75) is 13.3 Å². The van der Waals surface area contributed by atoms with E-state index in [1.165, 1.54) is 10.9 Å². The number of amides is 1. The minimum Gasteiger partial charge on any atom is -0.266 e. The number of benzene rings is 1. The van der Waals surface area contributed by atoms with Crippen LogP contribution in [0.15, 0.2) is 29.4 Å². The van der Waals surface area contributed by atoms with E-state index < -0.39 is 5.91 Å². The van der Waals surface area contributed by atoms with Crippen molar-refractivity contribution in [3.05, 3.63) is 51.3 Å². The van der Waals surface area contributed by atoms with Crippen molar-refractivity contribution in [3.8, 4) is 0 Å². The van der Waals surface area contributed by atoms with Gasteiger partial charge in [-0.1, -0.05) is 42.3 Å². The zero-order valence-corrected chi connectivity index (χ0v) is 13.1. The number of nitrogens with one attached hydrogen (secondary N) is 1. The molecule has 0 unspecified atom stereocenters. The van der Waals surface area contributed by atoms with Crippen molar-refractivity contribution >= 4 is 35.3 Å². The SMILES string of the molecule is CCc1nn(C)c(C(=O)N/N=C/c2ccc(Cl)cc2)c1Cl. The first kappa shape index (κ1) is 15.5. The van der Waals surface area contributed by atoms with Gasteiger partial charge >= 0.3 is 0 Å². The molecule has 0 spiro atoms. The fourth-order valence-electron chi connectivity index (χ4n) is 1.79. The van der Waals surface area contributed by atoms with Gasteiger partial charge in [0.25, 0.3) is 5.91 Å². The smallest absolute Gasteiger partial charge is 0.266 e. The van der Waals surface area contributed by atoms with E-state index in [0.717, 1.165) is 5.56 Å². The first-order chi connectivity index (χ1) is 10.0. The van der Waals surface area contributed by atoms with Gasteiger partial charge in [-0.3, -0.25) is 9.48 Å². The Hall–Kier alpha value is -1.85. The minimum atomic E-state index is -0.403. The third-order valence-electron chi connectivity index (χ3n) is 2.86. The maximum atomic E-state index is 12.1. The second kappa shape index (κ2) is 6.74. The standard InChI is InChI=1S/C14H14Cl2N4O/c1-3-11-12(16)13(20(2)19-11)14(21)18-17-8-9-4-6-10(15)7-5-9/h4-8H,3H2,1-2H3,(H,18,21)/b17-8+. The van der Waals surface area contributed by atoms with Gasteiger partial charge in [-0.05, 0) is 24.1 Å². The van der Waals surface area contributed by atoms with Gasteiger partial charge in [0.1, 0.15) is 5.69 Å². The molecule has 0 fully saturated rings. The van der Waals surface area contributed by atoms with Gasteiger partial charge in [-0.15, -0.1) is 0 Å². The van der Waals surface area contributed by atoms with E-state index in [1.54, 1.807) is 31.3 Å². The number of hydrogen-bond acceptors (Lipinski definition) is 3. The van der Waals surface area contributed by atoms with E-state index in [1.807, 2.05) is 6.92 Å². The molecule has 2 aromatic rings. The van der Waals surface area contributed by atoms with Gasteiger partial charge in [0, 0.05) is 12.1 Å². The van der Waals surface area contributed by atoms with Crippen LogP contribution in [0, 0.1) is 0 Å². The zero-order chi connectivity index (χ0) is 15.4. The Kier molecular flexibility index (Phi) is 4.98. The number of halogens is 2. The van der Waals surface area contributed by atoms with Gasteiger partial charge < -0.3 is 0 Å². The average Bonchev–Trinajstić information content (AvgIpc) is 2.75. The molecule has 1 N–H and O–H groups in total. The van der Waals surface area contributed by atoms with Crippen LogP contribution in [0.25, 0.3) is 0 Å². The molecular weight excluding hydrogens is 311 g/mol. The molecule has 7 heteroatoms. The Bertz CT molecular complexity index is 677. The van der Waals surface area contributed by atoms with Crippen molar-refractivity contribution in [2.24, 2.45) is 12.1 Å². The lowest BCUT2D eigenvalue weighted by Gasteiger charge is -2.00. The summed E-state index contributed by atoms with van der Waals surface area (Å²) in [5.74, 6) is -0.403. The molecule has 1 aromatic heterocycles. The topological polar surface area (TPSA) is 59.3 Å². The van der Waals surface area contributed by atoms with Crippen molar-refractivity contribution in [1.29, 1.82) is 0 Å². The first-order valence-corrected chi connectivity index (χ1v) is 7.08. The summed E-state index contributed by atoms with van der Waals surface area (Å²) >= 11 is 11.9. The number of rotatable bonds is 4. The van der Waals surface area contributed by atoms with Crippen LogP contribution in [0.4, 0.5) is 0 Å². The lowest BCUT2D eigenvalue weighted by molar-refractivity contribution is 0.0946. The van der Waals surface area contributed by atoms with E-state index in [9.17, 15) is 4.79 Å². The average molecular weight is 325 g/mol. The van der Waals surface area contributed by atoms with Crippen LogP contribution in [-0.2, 0) is 13.5 Å². The normalized spacial score (nSPS) is 11.0. The summed E-state index contributed by atoms with van der Waals surface area (Å²) in [6, 6.07) is 7.08. The van der Waals surface area contributed by atoms with Crippen LogP contribution in [-0.4, -0.2) is 21.9 Å². The molecule has 110 valence electrons. The Balaban J connectivity index is 2.08. The number of aryl methyl sites for hydroxylation is 2. The summed E-state index contributed by atoms with van der Waals surface area (Å²) in [4.78, 5) is 12.1. The molecule has 0 saturated heterocycles. The molecule has 0 aliphatic rings. The molecule has 1 amide bonds. The zero-order valence-electron chi connectivity index (χ0n) is 11.6. The largest absolute Gasteiger partial charge is 0.291 e. The van der Waals surface area contributed by atoms with Crippen molar-refractivity contribution in [2.75, 3.05) is 0 Å². The van der Waals surface area contributed by atoms with Crippen LogP contribution < -0.4 is 5.43 Å². The molecule has 0 aliphatic carbocycles. The summed E-state index contributed by atoms with van der Waals surface area (Å²) in [5.41, 5.74) is 4.24. The Morgan fingerprint density at radius 1 is 1.38 bits per heavy atom. The van der Waals surface area contributed by atoms with Crippen LogP contribution in [0.3, 0.4) is 0 Å². The molecule has 0 atom stereocenters. The highest BCUT2D eigenvalue weighted by Crippen LogP contribution is 2.20. The lowest BCUT2D eigenvalue weighted by atomic mass is 10.2. The van der Waals surface area contributed by atoms with E-state index in [0.29, 0.717) is 27.9 Å². The maximum Gasteiger partial charge on any atom is 0.291 e. The van der Waals surface area contributed by atoms with Gasteiger partial charge in [0.05, 0.1) is 16.9 Å². The molecule has 0 bridgehead atoms. The fourth-order valence-corrected chi connectivity index (χ4v) is 2.30. The summed E-state index contributed by atoms with van der Waals surface area (Å²) in [6.45, 7) is 1.93. The summed E-state index contributed by atoms with van der Waals surface area (Å²) in [6.07, 6.45) is 2.19. The second-order valence-electron chi connectivity index (χ2n) is 4.34. The molecular formula is C14H14Cl2N4O. The highest BCUT2D eigenvalue weighted by atomic mass is 35.5. The molecule has 21 heavy (non-hydrogen) atoms. The molecule has 0 aliphatic heterocycles. The van der Waals surface area contributed by atoms with E-state index in [2.05, 4.69) is 15.6 Å². The molecule has 0 radical (unpaired) electrons. The third-order valence-corrected chi connectivity index (χ3v) is 3.50. The number of nitrogens with zero attached hydrogens (tertiary/aromatic N) is 3. The van der Waals surface area contributed by atoms with Crippen LogP contribution >= 0.6 is 23.2 Å². The number of hydrogen-bond donors (Lipinski definition) is 1. The summed E-state index contributed by atoms with van der Waals surface area (Å²) in [7, 11) is 1.67. The molecule has 5 nitrogen and oxygen atoms in total. The third kappa shape index (κ3) is 3.62. The fraction of sp³-hybridized carbons (Fsp3) is 0.214. The Morgan fingerprint density at radius 2 is 2.05 bits per heavy atom. The molecule has 1 heterocycles. The van der Waals surface area contributed by atoms with Crippen molar-refractivity contribution < 1.29 is 4.79 Å². The minimum absolute atomic E-state index is 0.293. The number of carbonyl (C=O) groups excluding carboxylic acids is 1. The summed E-state index contributed by atoms with van der Waals surface area (Å²) in [5, 5.41) is 9.08. The summed E-state index contributed by atoms with van der Waals surface area (Å²) < 4.78 is 1.45. The van der Waals surface area contributed by atoms with Crippen molar-refractivity contribution in [3.63, 3.8) is 0 Å². The Labute approximate surface area is 132 Å². The highest BCUT2D eigenvalue weighted by molar-refractivity contribution is 6.34. The molecule has 2 rings (SSSR count). The predicted octanol–water partition coefficient (Wildman–Crippen LogP) is 3.05. The van der Waals surface area contributed by atoms with Gasteiger partial charge in [0.15, 0.2) is 0 Å². The van der Waals surface area contributed by atoms with Crippen LogP contribution in [0.1, 0.15) is 28.7 Å². The van der Waals surface area contributed by atoms with E-state index in [-0.39, 0.29) is 0 Å². The monoisotopic (exact) mass is 324 g/mol. The van der Waals surface area contributed by atoms with Gasteiger partial charge in [-0.25, -0.2) is 5.43 Å². The Morgan fingerprint density at radius 3 is 2.62 bits per heavy atom. The van der Waals surface area contributed by atoms with E-state index >= 15 is 0 Å². The quantitative estimate of drug-likeness (QED) is 0.694. The first-order valence-electron chi connectivity index (χ1n) is 6.33. The lowest BCUT2D eigenvalue weighted by Crippen LogP contribution is -2.21. The second-order valence-corrected chi connectivity index (χ2v) is 5.15. The van der Waals surface area contributed by atoms with E-state index in [4.69, 9.17) is 23.2 Å². The number of carbonyl (C=O) groups is 1. The molecule has 1 aromatic carbocycles. The maximum absolute atomic E-state index is 12.1. The highest BCUT2D eigenvalue weighted by Gasteiger charge is 2.19.